The van der Waals surface area contributed by atoms with E-state index in [2.05, 4.69) is 25.4 Å². The molecule has 0 aliphatic heterocycles. The molecule has 4 heterocycles. The number of nitrogen functional groups attached to an aromatic ring is 1. The third-order valence-corrected chi connectivity index (χ3v) is 5.59. The van der Waals surface area contributed by atoms with Crippen LogP contribution in [0.25, 0.3) is 22.2 Å². The van der Waals surface area contributed by atoms with E-state index in [4.69, 9.17) is 5.73 Å². The van der Waals surface area contributed by atoms with Crippen LogP contribution in [0.1, 0.15) is 20.8 Å². The highest BCUT2D eigenvalue weighted by Crippen LogP contribution is 2.28. The summed E-state index contributed by atoms with van der Waals surface area (Å²) in [5.41, 5.74) is 9.63. The van der Waals surface area contributed by atoms with Crippen LogP contribution in [0.3, 0.4) is 0 Å². The van der Waals surface area contributed by atoms with Gasteiger partial charge in [-0.15, -0.1) is 11.3 Å². The highest BCUT2D eigenvalue weighted by Gasteiger charge is 2.24. The normalized spacial score (nSPS) is 11.5. The number of aromatic nitrogens is 4. The van der Waals surface area contributed by atoms with Gasteiger partial charge in [0.25, 0.3) is 5.91 Å². The highest BCUT2D eigenvalue weighted by atomic mass is 32.1. The number of carbonyl (C=O) groups excluding carboxylic acids is 1. The molecule has 0 bridgehead atoms. The summed E-state index contributed by atoms with van der Waals surface area (Å²) in [6.07, 6.45) is 4.98. The molecule has 0 aliphatic rings. The summed E-state index contributed by atoms with van der Waals surface area (Å²) in [5, 5.41) is 9.35. The lowest BCUT2D eigenvalue weighted by Crippen LogP contribution is -2.23. The summed E-state index contributed by atoms with van der Waals surface area (Å²) >= 11 is 1.57. The number of hydrogen-bond donors (Lipinski definition) is 2. The van der Waals surface area contributed by atoms with Crippen molar-refractivity contribution in [1.29, 1.82) is 0 Å². The molecule has 4 aromatic heterocycles. The second kappa shape index (κ2) is 7.96. The Morgan fingerprint density at radius 1 is 1.13 bits per heavy atom. The van der Waals surface area contributed by atoms with E-state index in [0.717, 1.165) is 10.4 Å². The third kappa shape index (κ3) is 3.62. The Kier molecular flexibility index (Phi) is 4.85. The number of carbonyl (C=O) groups is 1. The molecular weight excluding hydrogens is 410 g/mol. The van der Waals surface area contributed by atoms with Crippen molar-refractivity contribution in [2.24, 2.45) is 5.10 Å². The molecule has 152 valence electrons. The van der Waals surface area contributed by atoms with Crippen molar-refractivity contribution in [3.05, 3.63) is 82.3 Å². The molecule has 1 aromatic carbocycles. The van der Waals surface area contributed by atoms with Gasteiger partial charge in [0, 0.05) is 22.8 Å². The van der Waals surface area contributed by atoms with Gasteiger partial charge >= 0.3 is 0 Å². The molecule has 8 nitrogen and oxygen atoms in total. The van der Waals surface area contributed by atoms with E-state index in [1.165, 1.54) is 4.68 Å². The summed E-state index contributed by atoms with van der Waals surface area (Å²) in [6, 6.07) is 15.1. The van der Waals surface area contributed by atoms with Crippen molar-refractivity contribution in [2.75, 3.05) is 5.73 Å². The zero-order valence-corrected chi connectivity index (χ0v) is 17.1. The molecule has 0 atom stereocenters. The number of hydrogen-bond acceptors (Lipinski definition) is 7. The standard InChI is InChI=1S/C22H17N7OS/c23-20-18(22(30)25-13-15-6-4-10-31-15)19-21(28-17-8-2-1-7-16(17)27-19)29(20)26-12-14-5-3-9-24-11-14/h1-12H,13,23H2,(H,25,30). The quantitative estimate of drug-likeness (QED) is 0.418. The topological polar surface area (TPSA) is 111 Å². The van der Waals surface area contributed by atoms with Crippen molar-refractivity contribution >= 4 is 51.5 Å². The number of anilines is 1. The first-order valence-electron chi connectivity index (χ1n) is 9.52. The third-order valence-electron chi connectivity index (χ3n) is 4.71. The smallest absolute Gasteiger partial charge is 0.257 e. The van der Waals surface area contributed by atoms with Crippen LogP contribution in [-0.2, 0) is 6.54 Å². The van der Waals surface area contributed by atoms with Crippen molar-refractivity contribution in [2.45, 2.75) is 6.54 Å². The average Bonchev–Trinajstić information content (AvgIpc) is 3.41. The van der Waals surface area contributed by atoms with Gasteiger partial charge in [0.1, 0.15) is 16.9 Å². The Balaban J connectivity index is 1.63. The van der Waals surface area contributed by atoms with Crippen LogP contribution in [0.5, 0.6) is 0 Å². The predicted molar refractivity (Wildman–Crippen MR) is 122 cm³/mol. The minimum atomic E-state index is -0.323. The van der Waals surface area contributed by atoms with Gasteiger partial charge in [-0.25, -0.2) is 9.97 Å². The summed E-state index contributed by atoms with van der Waals surface area (Å²) in [5.74, 6) is -0.148. The maximum Gasteiger partial charge on any atom is 0.257 e. The first kappa shape index (κ1) is 18.9. The van der Waals surface area contributed by atoms with Crippen LogP contribution >= 0.6 is 11.3 Å². The van der Waals surface area contributed by atoms with Crippen molar-refractivity contribution in [1.82, 2.24) is 24.9 Å². The van der Waals surface area contributed by atoms with Gasteiger partial charge in [-0.3, -0.25) is 9.78 Å². The van der Waals surface area contributed by atoms with Crippen molar-refractivity contribution in [3.8, 4) is 0 Å². The molecule has 1 amide bonds. The SMILES string of the molecule is Nc1c(C(=O)NCc2cccs2)c2nc3ccccc3nc2n1N=Cc1cccnc1. The molecule has 5 aromatic rings. The number of nitrogens with one attached hydrogen (secondary N) is 1. The number of benzene rings is 1. The second-order valence-electron chi connectivity index (χ2n) is 6.75. The summed E-state index contributed by atoms with van der Waals surface area (Å²) < 4.78 is 1.45. The van der Waals surface area contributed by atoms with Gasteiger partial charge in [-0.2, -0.15) is 9.78 Å². The summed E-state index contributed by atoms with van der Waals surface area (Å²) in [4.78, 5) is 27.5. The van der Waals surface area contributed by atoms with E-state index in [-0.39, 0.29) is 17.3 Å². The Morgan fingerprint density at radius 2 is 1.97 bits per heavy atom. The lowest BCUT2D eigenvalue weighted by molar-refractivity contribution is 0.0953. The number of fused-ring (bicyclic) bond motifs is 2. The maximum absolute atomic E-state index is 13.1. The highest BCUT2D eigenvalue weighted by molar-refractivity contribution is 7.09. The van der Waals surface area contributed by atoms with Crippen LogP contribution in [0.4, 0.5) is 5.82 Å². The van der Waals surface area contributed by atoms with Gasteiger partial charge < -0.3 is 11.1 Å². The summed E-state index contributed by atoms with van der Waals surface area (Å²) in [6.45, 7) is 0.405. The molecule has 0 spiro atoms. The van der Waals surface area contributed by atoms with Crippen LogP contribution in [0.2, 0.25) is 0 Å². The van der Waals surface area contributed by atoms with Gasteiger partial charge in [0.05, 0.1) is 23.8 Å². The van der Waals surface area contributed by atoms with Gasteiger partial charge in [0.2, 0.25) is 0 Å². The fourth-order valence-electron chi connectivity index (χ4n) is 3.23. The largest absolute Gasteiger partial charge is 0.383 e. The predicted octanol–water partition coefficient (Wildman–Crippen LogP) is 3.44. The minimum absolute atomic E-state index is 0.175. The van der Waals surface area contributed by atoms with Crippen molar-refractivity contribution in [3.63, 3.8) is 0 Å². The van der Waals surface area contributed by atoms with E-state index < -0.39 is 0 Å². The number of nitrogens with zero attached hydrogens (tertiary/aromatic N) is 5. The average molecular weight is 427 g/mol. The maximum atomic E-state index is 13.1. The monoisotopic (exact) mass is 427 g/mol. The molecule has 0 saturated carbocycles. The Labute approximate surface area is 181 Å². The zero-order chi connectivity index (χ0) is 21.2. The zero-order valence-electron chi connectivity index (χ0n) is 16.3. The molecule has 0 aliphatic carbocycles. The molecule has 0 fully saturated rings. The lowest BCUT2D eigenvalue weighted by atomic mass is 10.2. The minimum Gasteiger partial charge on any atom is -0.383 e. The number of thiophene rings is 1. The van der Waals surface area contributed by atoms with E-state index in [9.17, 15) is 4.79 Å². The number of pyridine rings is 1. The molecule has 0 unspecified atom stereocenters. The number of para-hydroxylation sites is 2. The first-order valence-corrected chi connectivity index (χ1v) is 10.4. The Morgan fingerprint density at radius 3 is 2.71 bits per heavy atom. The Bertz CT molecular complexity index is 1410. The first-order chi connectivity index (χ1) is 15.2. The van der Waals surface area contributed by atoms with E-state index in [1.807, 2.05) is 53.9 Å². The molecule has 3 N–H and O–H groups in total. The van der Waals surface area contributed by atoms with Crippen LogP contribution < -0.4 is 11.1 Å². The second-order valence-corrected chi connectivity index (χ2v) is 7.78. The van der Waals surface area contributed by atoms with Crippen LogP contribution in [0, 0.1) is 0 Å². The fraction of sp³-hybridized carbons (Fsp3) is 0.0455. The number of nitrogens with two attached hydrogens (primary N) is 1. The van der Waals surface area contributed by atoms with Crippen LogP contribution in [0.15, 0.2) is 71.4 Å². The molecule has 0 radical (unpaired) electrons. The van der Waals surface area contributed by atoms with Crippen molar-refractivity contribution < 1.29 is 4.79 Å². The molecular formula is C22H17N7OS. The molecule has 31 heavy (non-hydrogen) atoms. The van der Waals surface area contributed by atoms with E-state index in [0.29, 0.717) is 28.7 Å². The fourth-order valence-corrected chi connectivity index (χ4v) is 3.88. The van der Waals surface area contributed by atoms with Gasteiger partial charge in [0.15, 0.2) is 5.65 Å². The van der Waals surface area contributed by atoms with E-state index in [1.54, 1.807) is 29.9 Å². The molecule has 5 rings (SSSR count). The van der Waals surface area contributed by atoms with Gasteiger partial charge in [-0.1, -0.05) is 24.3 Å². The molecule has 0 saturated heterocycles. The van der Waals surface area contributed by atoms with Crippen LogP contribution in [-0.4, -0.2) is 31.7 Å². The number of amides is 1. The molecule has 9 heteroatoms. The van der Waals surface area contributed by atoms with E-state index >= 15 is 0 Å². The van der Waals surface area contributed by atoms with Gasteiger partial charge in [-0.05, 0) is 29.6 Å². The summed E-state index contributed by atoms with van der Waals surface area (Å²) in [7, 11) is 0. The number of rotatable bonds is 5. The Hall–Kier alpha value is -4.11. The lowest BCUT2D eigenvalue weighted by Gasteiger charge is -2.04.